The van der Waals surface area contributed by atoms with Crippen molar-refractivity contribution < 1.29 is 32.4 Å². The Labute approximate surface area is 200 Å². The smallest absolute Gasteiger partial charge is 0.390 e. The molecule has 2 aromatic rings. The Bertz CT molecular complexity index is 1070. The van der Waals surface area contributed by atoms with Gasteiger partial charge in [0.25, 0.3) is 0 Å². The van der Waals surface area contributed by atoms with E-state index >= 15 is 0 Å². The second kappa shape index (κ2) is 10.2. The van der Waals surface area contributed by atoms with Crippen molar-refractivity contribution in [3.63, 3.8) is 0 Å². The molecule has 1 unspecified atom stereocenters. The summed E-state index contributed by atoms with van der Waals surface area (Å²) in [4.78, 5) is 25.8. The topological polar surface area (TPSA) is 108 Å². The first-order chi connectivity index (χ1) is 16.6. The van der Waals surface area contributed by atoms with Gasteiger partial charge >= 0.3 is 18.2 Å². The van der Waals surface area contributed by atoms with Crippen LogP contribution < -0.4 is 15.5 Å². The molecule has 2 amide bonds. The first kappa shape index (κ1) is 24.9. The average molecular weight is 495 g/mol. The van der Waals surface area contributed by atoms with E-state index in [1.165, 1.54) is 6.07 Å². The van der Waals surface area contributed by atoms with Gasteiger partial charge in [0.15, 0.2) is 5.82 Å². The maximum atomic E-state index is 13.2. The molecule has 11 heteroatoms. The Balaban J connectivity index is 1.64. The average Bonchev–Trinajstić information content (AvgIpc) is 3.51. The Morgan fingerprint density at radius 2 is 1.91 bits per heavy atom. The number of amides is 2. The molecule has 0 bridgehead atoms. The van der Waals surface area contributed by atoms with Gasteiger partial charge in [-0.25, -0.2) is 4.79 Å². The molecule has 35 heavy (non-hydrogen) atoms. The van der Waals surface area contributed by atoms with E-state index in [1.807, 2.05) is 0 Å². The van der Waals surface area contributed by atoms with E-state index in [0.29, 0.717) is 23.6 Å². The lowest BCUT2D eigenvalue weighted by molar-refractivity contribution is -0.138. The van der Waals surface area contributed by atoms with Crippen LogP contribution >= 0.6 is 0 Å². The molecule has 0 aliphatic heterocycles. The van der Waals surface area contributed by atoms with Crippen molar-refractivity contribution in [2.45, 2.75) is 70.0 Å². The molecule has 3 N–H and O–H groups in total. The number of carboxylic acid groups (broad SMARTS) is 1. The van der Waals surface area contributed by atoms with Crippen molar-refractivity contribution in [1.82, 2.24) is 5.16 Å². The Kier molecular flexibility index (Phi) is 7.23. The van der Waals surface area contributed by atoms with Crippen LogP contribution in [0.1, 0.15) is 62.2 Å². The van der Waals surface area contributed by atoms with Crippen LogP contribution in [0.3, 0.4) is 0 Å². The number of hydrogen-bond donors (Lipinski definition) is 3. The van der Waals surface area contributed by atoms with E-state index in [9.17, 15) is 27.9 Å². The molecule has 2 aliphatic rings. The summed E-state index contributed by atoms with van der Waals surface area (Å²) >= 11 is 0. The molecule has 190 valence electrons. The summed E-state index contributed by atoms with van der Waals surface area (Å²) < 4.78 is 44.5. The molecule has 2 atom stereocenters. The SMILES string of the molecule is Cc1cc(NC(=O)Nc2cc([C@@H]3CC3C(=O)O)ccc2N(CCC(F)(F)F)C2CCCCC2)no1. The first-order valence-corrected chi connectivity index (χ1v) is 11.8. The molecule has 0 spiro atoms. The second-order valence-corrected chi connectivity index (χ2v) is 9.32. The van der Waals surface area contributed by atoms with Gasteiger partial charge < -0.3 is 19.8 Å². The minimum absolute atomic E-state index is 0.0774. The van der Waals surface area contributed by atoms with Crippen molar-refractivity contribution in [2.75, 3.05) is 22.1 Å². The summed E-state index contributed by atoms with van der Waals surface area (Å²) in [7, 11) is 0. The van der Waals surface area contributed by atoms with Crippen LogP contribution in [0, 0.1) is 12.8 Å². The number of rotatable bonds is 8. The number of carbonyl (C=O) groups excluding carboxylic acids is 1. The fraction of sp³-hybridized carbons (Fsp3) is 0.542. The van der Waals surface area contributed by atoms with Gasteiger partial charge in [-0.15, -0.1) is 0 Å². The normalized spacial score (nSPS) is 20.3. The number of nitrogens with zero attached hydrogens (tertiary/aromatic N) is 2. The molecule has 1 aromatic heterocycles. The third kappa shape index (κ3) is 6.46. The third-order valence-corrected chi connectivity index (χ3v) is 6.64. The molecule has 2 saturated carbocycles. The number of urea groups is 1. The van der Waals surface area contributed by atoms with Crippen molar-refractivity contribution >= 4 is 29.2 Å². The van der Waals surface area contributed by atoms with E-state index in [-0.39, 0.29) is 24.3 Å². The van der Waals surface area contributed by atoms with Crippen LogP contribution in [0.4, 0.5) is 35.2 Å². The summed E-state index contributed by atoms with van der Waals surface area (Å²) in [6.07, 6.45) is -0.348. The van der Waals surface area contributed by atoms with Crippen molar-refractivity contribution in [1.29, 1.82) is 0 Å². The van der Waals surface area contributed by atoms with E-state index in [1.54, 1.807) is 30.0 Å². The van der Waals surface area contributed by atoms with Gasteiger partial charge in [0, 0.05) is 18.7 Å². The van der Waals surface area contributed by atoms with Crippen LogP contribution in [0.25, 0.3) is 0 Å². The number of nitrogens with one attached hydrogen (secondary N) is 2. The predicted molar refractivity (Wildman–Crippen MR) is 124 cm³/mol. The summed E-state index contributed by atoms with van der Waals surface area (Å²) in [5.41, 5.74) is 1.56. The quantitative estimate of drug-likeness (QED) is 0.421. The highest BCUT2D eigenvalue weighted by atomic mass is 19.4. The number of benzene rings is 1. The zero-order valence-corrected chi connectivity index (χ0v) is 19.4. The van der Waals surface area contributed by atoms with E-state index in [0.717, 1.165) is 37.7 Å². The van der Waals surface area contributed by atoms with Crippen LogP contribution in [0.2, 0.25) is 0 Å². The summed E-state index contributed by atoms with van der Waals surface area (Å²) in [6.45, 7) is 1.45. The number of aromatic nitrogens is 1. The van der Waals surface area contributed by atoms with Gasteiger partial charge in [-0.1, -0.05) is 30.5 Å². The number of anilines is 3. The number of aliphatic carboxylic acids is 1. The predicted octanol–water partition coefficient (Wildman–Crippen LogP) is 5.91. The molecule has 1 heterocycles. The number of carboxylic acids is 1. The first-order valence-electron chi connectivity index (χ1n) is 11.8. The van der Waals surface area contributed by atoms with Gasteiger partial charge in [0.05, 0.1) is 23.7 Å². The number of alkyl halides is 3. The minimum atomic E-state index is -4.31. The van der Waals surface area contributed by atoms with Crippen LogP contribution in [0.15, 0.2) is 28.8 Å². The monoisotopic (exact) mass is 494 g/mol. The van der Waals surface area contributed by atoms with E-state index in [4.69, 9.17) is 4.52 Å². The van der Waals surface area contributed by atoms with Gasteiger partial charge in [0.1, 0.15) is 5.76 Å². The lowest BCUT2D eigenvalue weighted by Crippen LogP contribution is -2.39. The lowest BCUT2D eigenvalue weighted by Gasteiger charge is -2.37. The van der Waals surface area contributed by atoms with E-state index in [2.05, 4.69) is 15.8 Å². The number of hydrogen-bond acceptors (Lipinski definition) is 5. The zero-order chi connectivity index (χ0) is 25.2. The maximum Gasteiger partial charge on any atom is 0.390 e. The Morgan fingerprint density at radius 3 is 2.51 bits per heavy atom. The standard InChI is InChI=1S/C24H29F3N4O4/c1-14-11-21(30-35-14)29-23(34)28-19-12-15(17-13-18(17)22(32)33)7-8-20(19)31(10-9-24(25,26)27)16-5-3-2-4-6-16/h7-8,11-12,16-18H,2-6,9-10,13H2,1H3,(H,32,33)(H2,28,29,30,34)/t17-,18?/m0/s1. The molecule has 2 aliphatic carbocycles. The molecular weight excluding hydrogens is 465 g/mol. The fourth-order valence-corrected chi connectivity index (χ4v) is 4.81. The molecule has 0 radical (unpaired) electrons. The Morgan fingerprint density at radius 1 is 1.17 bits per heavy atom. The van der Waals surface area contributed by atoms with Crippen LogP contribution in [-0.4, -0.2) is 41.0 Å². The molecule has 1 aromatic carbocycles. The highest BCUT2D eigenvalue weighted by Crippen LogP contribution is 2.49. The summed E-state index contributed by atoms with van der Waals surface area (Å²) in [5, 5.41) is 18.3. The highest BCUT2D eigenvalue weighted by molar-refractivity contribution is 6.01. The molecule has 4 rings (SSSR count). The minimum Gasteiger partial charge on any atom is -0.481 e. The summed E-state index contributed by atoms with van der Waals surface area (Å²) in [6, 6.07) is 5.98. The number of halogens is 3. The van der Waals surface area contributed by atoms with Crippen molar-refractivity contribution in [2.24, 2.45) is 5.92 Å². The molecule has 2 fully saturated rings. The van der Waals surface area contributed by atoms with Gasteiger partial charge in [0.2, 0.25) is 0 Å². The van der Waals surface area contributed by atoms with Crippen LogP contribution in [0.5, 0.6) is 0 Å². The number of aryl methyl sites for hydroxylation is 1. The Hall–Kier alpha value is -3.24. The van der Waals surface area contributed by atoms with Crippen LogP contribution in [-0.2, 0) is 4.79 Å². The van der Waals surface area contributed by atoms with Gasteiger partial charge in [-0.3, -0.25) is 10.1 Å². The number of carbonyl (C=O) groups is 2. The highest BCUT2D eigenvalue weighted by Gasteiger charge is 2.44. The third-order valence-electron chi connectivity index (χ3n) is 6.64. The largest absolute Gasteiger partial charge is 0.481 e. The van der Waals surface area contributed by atoms with Gasteiger partial charge in [-0.05, 0) is 49.8 Å². The molecule has 0 saturated heterocycles. The lowest BCUT2D eigenvalue weighted by atomic mass is 9.93. The fourth-order valence-electron chi connectivity index (χ4n) is 4.81. The van der Waals surface area contributed by atoms with E-state index < -0.39 is 30.5 Å². The van der Waals surface area contributed by atoms with Crippen molar-refractivity contribution in [3.8, 4) is 0 Å². The zero-order valence-electron chi connectivity index (χ0n) is 19.4. The summed E-state index contributed by atoms with van der Waals surface area (Å²) in [5.74, 6) is -0.872. The maximum absolute atomic E-state index is 13.2. The van der Waals surface area contributed by atoms with Crippen molar-refractivity contribution in [3.05, 3.63) is 35.6 Å². The second-order valence-electron chi connectivity index (χ2n) is 9.32. The molecular formula is C24H29F3N4O4. The molecule has 8 nitrogen and oxygen atoms in total. The van der Waals surface area contributed by atoms with Gasteiger partial charge in [-0.2, -0.15) is 13.2 Å².